The van der Waals surface area contributed by atoms with Gasteiger partial charge in [-0.05, 0) is 12.5 Å². The van der Waals surface area contributed by atoms with Gasteiger partial charge in [0.2, 0.25) is 0 Å². The lowest BCUT2D eigenvalue weighted by Crippen LogP contribution is -1.87. The molecule has 2 aromatic heterocycles. The van der Waals surface area contributed by atoms with Crippen molar-refractivity contribution in [2.24, 2.45) is 0 Å². The van der Waals surface area contributed by atoms with Crippen molar-refractivity contribution in [3.05, 3.63) is 29.3 Å². The zero-order valence-electron chi connectivity index (χ0n) is 7.95. The van der Waals surface area contributed by atoms with Crippen LogP contribution in [0.4, 0.5) is 0 Å². The van der Waals surface area contributed by atoms with Gasteiger partial charge in [0.1, 0.15) is 5.15 Å². The van der Waals surface area contributed by atoms with Gasteiger partial charge in [-0.1, -0.05) is 25.4 Å². The topological polar surface area (TPSA) is 30.2 Å². The Kier molecular flexibility index (Phi) is 3.25. The monoisotopic (exact) mass is 197 g/mol. The van der Waals surface area contributed by atoms with Gasteiger partial charge in [0.15, 0.2) is 0 Å². The van der Waals surface area contributed by atoms with Crippen LogP contribution in [0.1, 0.15) is 19.4 Å². The Hall–Kier alpha value is -1.09. The first-order chi connectivity index (χ1) is 6.27. The minimum absolute atomic E-state index is 0.459. The summed E-state index contributed by atoms with van der Waals surface area (Å²) in [5, 5.41) is 4.53. The highest BCUT2D eigenvalue weighted by molar-refractivity contribution is 6.29. The van der Waals surface area contributed by atoms with Gasteiger partial charge in [0, 0.05) is 0 Å². The Balaban J connectivity index is 0.000000396. The standard InChI is InChI=1S/C7H6ClN3.C2H6/c1-5-2-10-11-4-7(8)9-3-6(5)11;1-2/h2-4H,1H3;1-2H3. The molecule has 70 valence electrons. The van der Waals surface area contributed by atoms with Gasteiger partial charge >= 0.3 is 0 Å². The summed E-state index contributed by atoms with van der Waals surface area (Å²) in [6, 6.07) is 0. The maximum absolute atomic E-state index is 5.66. The molecule has 0 radical (unpaired) electrons. The van der Waals surface area contributed by atoms with E-state index in [9.17, 15) is 0 Å². The largest absolute Gasteiger partial charge is 0.241 e. The van der Waals surface area contributed by atoms with Crippen LogP contribution in [0.2, 0.25) is 5.15 Å². The number of rotatable bonds is 0. The molecule has 13 heavy (non-hydrogen) atoms. The molecule has 0 spiro atoms. The molecule has 2 rings (SSSR count). The van der Waals surface area contributed by atoms with Crippen LogP contribution in [0.15, 0.2) is 18.6 Å². The van der Waals surface area contributed by atoms with Crippen LogP contribution in [0.5, 0.6) is 0 Å². The van der Waals surface area contributed by atoms with E-state index in [1.165, 1.54) is 0 Å². The number of halogens is 1. The van der Waals surface area contributed by atoms with Gasteiger partial charge in [-0.15, -0.1) is 0 Å². The maximum Gasteiger partial charge on any atom is 0.147 e. The van der Waals surface area contributed by atoms with E-state index in [-0.39, 0.29) is 0 Å². The third-order valence-electron chi connectivity index (χ3n) is 1.57. The Morgan fingerprint density at radius 1 is 1.31 bits per heavy atom. The molecule has 0 unspecified atom stereocenters. The first kappa shape index (κ1) is 9.99. The third-order valence-corrected chi connectivity index (χ3v) is 1.76. The van der Waals surface area contributed by atoms with Crippen LogP contribution in [0, 0.1) is 6.92 Å². The van der Waals surface area contributed by atoms with E-state index < -0.39 is 0 Å². The number of fused-ring (bicyclic) bond motifs is 1. The molecule has 0 aliphatic rings. The second kappa shape index (κ2) is 4.23. The summed E-state index contributed by atoms with van der Waals surface area (Å²) >= 11 is 5.66. The first-order valence-corrected chi connectivity index (χ1v) is 4.60. The van der Waals surface area contributed by atoms with E-state index in [1.54, 1.807) is 23.1 Å². The fourth-order valence-electron chi connectivity index (χ4n) is 0.979. The zero-order valence-corrected chi connectivity index (χ0v) is 8.71. The van der Waals surface area contributed by atoms with Crippen molar-refractivity contribution < 1.29 is 0 Å². The van der Waals surface area contributed by atoms with Gasteiger partial charge in [-0.2, -0.15) is 5.10 Å². The summed E-state index contributed by atoms with van der Waals surface area (Å²) in [7, 11) is 0. The fourth-order valence-corrected chi connectivity index (χ4v) is 1.12. The minimum Gasteiger partial charge on any atom is -0.241 e. The van der Waals surface area contributed by atoms with E-state index in [2.05, 4.69) is 10.1 Å². The van der Waals surface area contributed by atoms with Crippen molar-refractivity contribution >= 4 is 17.1 Å². The number of aryl methyl sites for hydroxylation is 1. The molecule has 3 nitrogen and oxygen atoms in total. The Morgan fingerprint density at radius 2 is 2.00 bits per heavy atom. The molecule has 0 saturated carbocycles. The molecular formula is C9H12ClN3. The van der Waals surface area contributed by atoms with Gasteiger partial charge in [-0.25, -0.2) is 9.50 Å². The minimum atomic E-state index is 0.459. The van der Waals surface area contributed by atoms with Crippen LogP contribution in [0.3, 0.4) is 0 Å². The molecule has 0 aliphatic carbocycles. The lowest BCUT2D eigenvalue weighted by molar-refractivity contribution is 0.946. The van der Waals surface area contributed by atoms with Crippen molar-refractivity contribution in [2.75, 3.05) is 0 Å². The third kappa shape index (κ3) is 1.98. The van der Waals surface area contributed by atoms with Gasteiger partial charge in [-0.3, -0.25) is 0 Å². The van der Waals surface area contributed by atoms with Crippen molar-refractivity contribution in [2.45, 2.75) is 20.8 Å². The first-order valence-electron chi connectivity index (χ1n) is 4.23. The fraction of sp³-hybridized carbons (Fsp3) is 0.333. The Bertz CT molecular complexity index is 395. The number of aromatic nitrogens is 3. The summed E-state index contributed by atoms with van der Waals surface area (Å²) < 4.78 is 1.71. The Labute approximate surface area is 82.4 Å². The summed E-state index contributed by atoms with van der Waals surface area (Å²) in [6.07, 6.45) is 5.18. The van der Waals surface area contributed by atoms with Crippen LogP contribution in [0.25, 0.3) is 5.52 Å². The van der Waals surface area contributed by atoms with Gasteiger partial charge < -0.3 is 0 Å². The van der Waals surface area contributed by atoms with Crippen molar-refractivity contribution in [3.8, 4) is 0 Å². The van der Waals surface area contributed by atoms with E-state index in [0.29, 0.717) is 5.15 Å². The predicted molar refractivity (Wildman–Crippen MR) is 54.1 cm³/mol. The van der Waals surface area contributed by atoms with Gasteiger partial charge in [0.25, 0.3) is 0 Å². The number of nitrogens with zero attached hydrogens (tertiary/aromatic N) is 3. The molecule has 0 fully saturated rings. The molecule has 2 heterocycles. The second-order valence-corrected chi connectivity index (χ2v) is 2.75. The molecule has 0 saturated heterocycles. The predicted octanol–water partition coefficient (Wildman–Crippen LogP) is 2.72. The highest BCUT2D eigenvalue weighted by Gasteiger charge is 1.98. The quantitative estimate of drug-likeness (QED) is 0.650. The average Bonchev–Trinajstić information content (AvgIpc) is 2.51. The molecule has 0 bridgehead atoms. The van der Waals surface area contributed by atoms with E-state index in [4.69, 9.17) is 11.6 Å². The lowest BCUT2D eigenvalue weighted by atomic mass is 10.3. The molecule has 0 aliphatic heterocycles. The molecule has 0 amide bonds. The van der Waals surface area contributed by atoms with Crippen molar-refractivity contribution in [1.82, 2.24) is 14.6 Å². The van der Waals surface area contributed by atoms with Crippen LogP contribution in [-0.2, 0) is 0 Å². The smallest absolute Gasteiger partial charge is 0.147 e. The van der Waals surface area contributed by atoms with Crippen molar-refractivity contribution in [3.63, 3.8) is 0 Å². The summed E-state index contributed by atoms with van der Waals surface area (Å²) in [5.74, 6) is 0. The zero-order chi connectivity index (χ0) is 9.84. The molecule has 4 heteroatoms. The summed E-state index contributed by atoms with van der Waals surface area (Å²) in [6.45, 7) is 5.98. The van der Waals surface area contributed by atoms with Crippen molar-refractivity contribution in [1.29, 1.82) is 0 Å². The lowest BCUT2D eigenvalue weighted by Gasteiger charge is -1.92. The highest BCUT2D eigenvalue weighted by Crippen LogP contribution is 2.10. The molecule has 0 N–H and O–H groups in total. The van der Waals surface area contributed by atoms with Crippen LogP contribution in [-0.4, -0.2) is 14.6 Å². The maximum atomic E-state index is 5.66. The number of hydrogen-bond acceptors (Lipinski definition) is 2. The SMILES string of the molecule is CC.Cc1cnn2cc(Cl)ncc12. The second-order valence-electron chi connectivity index (χ2n) is 2.37. The average molecular weight is 198 g/mol. The van der Waals surface area contributed by atoms with Crippen LogP contribution >= 0.6 is 11.6 Å². The summed E-state index contributed by atoms with van der Waals surface area (Å²) in [4.78, 5) is 3.94. The molecular weight excluding hydrogens is 186 g/mol. The molecule has 0 aromatic carbocycles. The van der Waals surface area contributed by atoms with Gasteiger partial charge in [0.05, 0.1) is 24.1 Å². The normalized spacial score (nSPS) is 9.54. The summed E-state index contributed by atoms with van der Waals surface area (Å²) in [5.41, 5.74) is 2.10. The van der Waals surface area contributed by atoms with Crippen LogP contribution < -0.4 is 0 Å². The number of hydrogen-bond donors (Lipinski definition) is 0. The Morgan fingerprint density at radius 3 is 2.69 bits per heavy atom. The highest BCUT2D eigenvalue weighted by atomic mass is 35.5. The molecule has 0 atom stereocenters. The van der Waals surface area contributed by atoms with E-state index in [0.717, 1.165) is 11.1 Å². The van der Waals surface area contributed by atoms with E-state index in [1.807, 2.05) is 20.8 Å². The van der Waals surface area contributed by atoms with E-state index >= 15 is 0 Å². The molecule has 2 aromatic rings.